The highest BCUT2D eigenvalue weighted by molar-refractivity contribution is 6.36. The standard InChI is InChI=1S/C18H19Cl2N3O3/c19-12-5-6-15(14(20)9-12)22-18(25)16-4-1-7-23(16)11-17(24)21-10-13-3-2-8-26-13/h2-3,5-6,8-9,16H,1,4,7,10-11H2,(H,21,24)(H,22,25)/t16-/m0/s1. The normalized spacial score (nSPS) is 17.2. The molecule has 0 radical (unpaired) electrons. The molecular weight excluding hydrogens is 377 g/mol. The van der Waals surface area contributed by atoms with Crippen molar-refractivity contribution in [1.82, 2.24) is 10.2 Å². The van der Waals surface area contributed by atoms with E-state index in [1.165, 1.54) is 0 Å². The summed E-state index contributed by atoms with van der Waals surface area (Å²) in [5.41, 5.74) is 0.509. The van der Waals surface area contributed by atoms with Gasteiger partial charge in [-0.2, -0.15) is 0 Å². The van der Waals surface area contributed by atoms with E-state index >= 15 is 0 Å². The molecule has 1 aliphatic rings. The Kier molecular flexibility index (Phi) is 6.19. The van der Waals surface area contributed by atoms with E-state index in [2.05, 4.69) is 10.6 Å². The zero-order valence-corrected chi connectivity index (χ0v) is 15.5. The Hall–Kier alpha value is -2.02. The molecule has 1 aromatic heterocycles. The Labute approximate surface area is 161 Å². The second-order valence-electron chi connectivity index (χ2n) is 6.10. The van der Waals surface area contributed by atoms with Gasteiger partial charge in [-0.25, -0.2) is 0 Å². The molecule has 1 aromatic carbocycles. The molecule has 138 valence electrons. The van der Waals surface area contributed by atoms with Crippen LogP contribution < -0.4 is 10.6 Å². The van der Waals surface area contributed by atoms with E-state index in [9.17, 15) is 9.59 Å². The van der Waals surface area contributed by atoms with Crippen LogP contribution in [0.5, 0.6) is 0 Å². The zero-order chi connectivity index (χ0) is 18.5. The van der Waals surface area contributed by atoms with E-state index in [1.54, 1.807) is 36.6 Å². The molecule has 1 saturated heterocycles. The van der Waals surface area contributed by atoms with Gasteiger partial charge in [-0.05, 0) is 49.7 Å². The number of benzene rings is 1. The fourth-order valence-electron chi connectivity index (χ4n) is 2.96. The van der Waals surface area contributed by atoms with Crippen LogP contribution in [0, 0.1) is 0 Å². The maximum Gasteiger partial charge on any atom is 0.241 e. The average Bonchev–Trinajstić information content (AvgIpc) is 3.27. The van der Waals surface area contributed by atoms with Crippen LogP contribution in [0.15, 0.2) is 41.0 Å². The largest absolute Gasteiger partial charge is 0.467 e. The molecule has 2 amide bonds. The number of halogens is 2. The summed E-state index contributed by atoms with van der Waals surface area (Å²) in [4.78, 5) is 26.6. The van der Waals surface area contributed by atoms with Crippen molar-refractivity contribution in [3.8, 4) is 0 Å². The Morgan fingerprint density at radius 3 is 2.85 bits per heavy atom. The number of carbonyl (C=O) groups is 2. The number of hydrogen-bond donors (Lipinski definition) is 2. The summed E-state index contributed by atoms with van der Waals surface area (Å²) >= 11 is 12.0. The SMILES string of the molecule is O=C(CN1CCC[C@H]1C(=O)Nc1ccc(Cl)cc1Cl)NCc1ccco1. The highest BCUT2D eigenvalue weighted by Crippen LogP contribution is 2.26. The van der Waals surface area contributed by atoms with E-state index in [-0.39, 0.29) is 24.4 Å². The summed E-state index contributed by atoms with van der Waals surface area (Å²) in [5.74, 6) is 0.364. The molecule has 1 fully saturated rings. The maximum atomic E-state index is 12.6. The molecule has 1 atom stereocenters. The first kappa shape index (κ1) is 18.8. The van der Waals surface area contributed by atoms with Crippen molar-refractivity contribution in [2.24, 2.45) is 0 Å². The molecule has 0 unspecified atom stereocenters. The van der Waals surface area contributed by atoms with Gasteiger partial charge < -0.3 is 15.1 Å². The van der Waals surface area contributed by atoms with Gasteiger partial charge in [0.2, 0.25) is 11.8 Å². The summed E-state index contributed by atoms with van der Waals surface area (Å²) in [6, 6.07) is 8.10. The topological polar surface area (TPSA) is 74.6 Å². The van der Waals surface area contributed by atoms with Crippen LogP contribution in [-0.4, -0.2) is 35.8 Å². The predicted octanol–water partition coefficient (Wildman–Crippen LogP) is 3.31. The number of anilines is 1. The van der Waals surface area contributed by atoms with Crippen LogP contribution in [0.25, 0.3) is 0 Å². The third-order valence-corrected chi connectivity index (χ3v) is 4.79. The van der Waals surface area contributed by atoms with Crippen molar-refractivity contribution in [3.63, 3.8) is 0 Å². The van der Waals surface area contributed by atoms with Crippen molar-refractivity contribution in [3.05, 3.63) is 52.4 Å². The maximum absolute atomic E-state index is 12.6. The van der Waals surface area contributed by atoms with Crippen LogP contribution in [-0.2, 0) is 16.1 Å². The molecule has 1 aliphatic heterocycles. The molecular formula is C18H19Cl2N3O3. The van der Waals surface area contributed by atoms with E-state index in [1.807, 2.05) is 4.90 Å². The van der Waals surface area contributed by atoms with E-state index < -0.39 is 0 Å². The fourth-order valence-corrected chi connectivity index (χ4v) is 3.41. The van der Waals surface area contributed by atoms with Crippen molar-refractivity contribution >= 4 is 40.7 Å². The van der Waals surface area contributed by atoms with Gasteiger partial charge in [0.05, 0.1) is 36.1 Å². The van der Waals surface area contributed by atoms with Gasteiger partial charge in [0, 0.05) is 5.02 Å². The molecule has 0 spiro atoms. The highest BCUT2D eigenvalue weighted by Gasteiger charge is 2.32. The fraction of sp³-hybridized carbons (Fsp3) is 0.333. The number of hydrogen-bond acceptors (Lipinski definition) is 4. The zero-order valence-electron chi connectivity index (χ0n) is 14.0. The number of carbonyl (C=O) groups excluding carboxylic acids is 2. The summed E-state index contributed by atoms with van der Waals surface area (Å²) in [6.07, 6.45) is 3.12. The monoisotopic (exact) mass is 395 g/mol. The first-order valence-corrected chi connectivity index (χ1v) is 9.07. The Bertz CT molecular complexity index is 780. The van der Waals surface area contributed by atoms with E-state index in [4.69, 9.17) is 27.6 Å². The molecule has 26 heavy (non-hydrogen) atoms. The van der Waals surface area contributed by atoms with Crippen LogP contribution >= 0.6 is 23.2 Å². The van der Waals surface area contributed by atoms with Crippen LogP contribution in [0.3, 0.4) is 0 Å². The van der Waals surface area contributed by atoms with Gasteiger partial charge in [0.25, 0.3) is 0 Å². The van der Waals surface area contributed by atoms with Crippen molar-refractivity contribution in [2.75, 3.05) is 18.4 Å². The molecule has 8 heteroatoms. The van der Waals surface area contributed by atoms with Gasteiger partial charge in [-0.15, -0.1) is 0 Å². The molecule has 2 aromatic rings. The Morgan fingerprint density at radius 1 is 1.27 bits per heavy atom. The first-order valence-electron chi connectivity index (χ1n) is 8.32. The average molecular weight is 396 g/mol. The lowest BCUT2D eigenvalue weighted by atomic mass is 10.2. The summed E-state index contributed by atoms with van der Waals surface area (Å²) in [6.45, 7) is 1.19. The predicted molar refractivity (Wildman–Crippen MR) is 100 cm³/mol. The summed E-state index contributed by atoms with van der Waals surface area (Å²) in [5, 5.41) is 6.50. The number of amides is 2. The molecule has 6 nitrogen and oxygen atoms in total. The van der Waals surface area contributed by atoms with Gasteiger partial charge >= 0.3 is 0 Å². The third kappa shape index (κ3) is 4.78. The lowest BCUT2D eigenvalue weighted by molar-refractivity contribution is -0.125. The highest BCUT2D eigenvalue weighted by atomic mass is 35.5. The minimum absolute atomic E-state index is 0.148. The quantitative estimate of drug-likeness (QED) is 0.786. The molecule has 2 N–H and O–H groups in total. The number of furan rings is 1. The molecule has 2 heterocycles. The summed E-state index contributed by atoms with van der Waals surface area (Å²) in [7, 11) is 0. The molecule has 0 aliphatic carbocycles. The molecule has 0 bridgehead atoms. The number of nitrogens with zero attached hydrogens (tertiary/aromatic N) is 1. The van der Waals surface area contributed by atoms with E-state index in [0.717, 1.165) is 6.42 Å². The van der Waals surface area contributed by atoms with Crippen LogP contribution in [0.1, 0.15) is 18.6 Å². The number of nitrogens with one attached hydrogen (secondary N) is 2. The van der Waals surface area contributed by atoms with Gasteiger partial charge in [0.1, 0.15) is 5.76 Å². The van der Waals surface area contributed by atoms with Crippen LogP contribution in [0.4, 0.5) is 5.69 Å². The minimum atomic E-state index is -0.365. The lowest BCUT2D eigenvalue weighted by Gasteiger charge is -2.23. The van der Waals surface area contributed by atoms with Crippen molar-refractivity contribution < 1.29 is 14.0 Å². The van der Waals surface area contributed by atoms with Crippen molar-refractivity contribution in [1.29, 1.82) is 0 Å². The van der Waals surface area contributed by atoms with Crippen molar-refractivity contribution in [2.45, 2.75) is 25.4 Å². The number of likely N-dealkylation sites (tertiary alicyclic amines) is 1. The lowest BCUT2D eigenvalue weighted by Crippen LogP contribution is -2.44. The van der Waals surface area contributed by atoms with E-state index in [0.29, 0.717) is 41.0 Å². The second-order valence-corrected chi connectivity index (χ2v) is 6.94. The number of rotatable bonds is 6. The Balaban J connectivity index is 1.55. The summed E-state index contributed by atoms with van der Waals surface area (Å²) < 4.78 is 5.18. The molecule has 3 rings (SSSR count). The van der Waals surface area contributed by atoms with Gasteiger partial charge in [-0.3, -0.25) is 14.5 Å². The third-order valence-electron chi connectivity index (χ3n) is 4.24. The molecule has 0 saturated carbocycles. The second kappa shape index (κ2) is 8.58. The van der Waals surface area contributed by atoms with Gasteiger partial charge in [-0.1, -0.05) is 23.2 Å². The Morgan fingerprint density at radius 2 is 2.12 bits per heavy atom. The minimum Gasteiger partial charge on any atom is -0.467 e. The van der Waals surface area contributed by atoms with Gasteiger partial charge in [0.15, 0.2) is 0 Å². The first-order chi connectivity index (χ1) is 12.5. The smallest absolute Gasteiger partial charge is 0.241 e. The van der Waals surface area contributed by atoms with Crippen LogP contribution in [0.2, 0.25) is 10.0 Å².